The molecule has 104 valence electrons. The van der Waals surface area contributed by atoms with Crippen molar-refractivity contribution in [2.45, 2.75) is 25.9 Å². The van der Waals surface area contributed by atoms with Crippen LogP contribution in [0.1, 0.15) is 31.8 Å². The topological polar surface area (TPSA) is 61.6 Å². The van der Waals surface area contributed by atoms with Gasteiger partial charge in [-0.1, -0.05) is 12.1 Å². The molecule has 1 aliphatic rings. The van der Waals surface area contributed by atoms with Crippen LogP contribution in [0.15, 0.2) is 40.5 Å². The minimum Gasteiger partial charge on any atom is -0.501 e. The molecule has 1 unspecified atom stereocenters. The van der Waals surface area contributed by atoms with Crippen LogP contribution in [0.4, 0.5) is 0 Å². The van der Waals surface area contributed by atoms with Crippen molar-refractivity contribution in [1.82, 2.24) is 4.98 Å². The summed E-state index contributed by atoms with van der Waals surface area (Å²) in [5.41, 5.74) is 2.00. The third-order valence-corrected chi connectivity index (χ3v) is 3.14. The molecule has 1 atom stereocenters. The van der Waals surface area contributed by atoms with E-state index in [0.29, 0.717) is 30.1 Å². The van der Waals surface area contributed by atoms with Crippen molar-refractivity contribution in [3.8, 4) is 0 Å². The Labute approximate surface area is 116 Å². The highest BCUT2D eigenvalue weighted by Crippen LogP contribution is 2.24. The monoisotopic (exact) mass is 273 g/mol. The Bertz CT molecular complexity index is 626. The molecule has 0 amide bonds. The van der Waals surface area contributed by atoms with Crippen LogP contribution in [0.25, 0.3) is 11.1 Å². The van der Waals surface area contributed by atoms with E-state index in [1.807, 2.05) is 24.3 Å². The predicted octanol–water partition coefficient (Wildman–Crippen LogP) is 3.13. The molecular formula is C15H15NO4. The quantitative estimate of drug-likeness (QED) is 0.804. The van der Waals surface area contributed by atoms with E-state index in [0.717, 1.165) is 11.9 Å². The maximum absolute atomic E-state index is 12.0. The summed E-state index contributed by atoms with van der Waals surface area (Å²) in [7, 11) is 0. The zero-order valence-corrected chi connectivity index (χ0v) is 11.2. The summed E-state index contributed by atoms with van der Waals surface area (Å²) in [5.74, 6) is 0.0244. The SMILES string of the molecule is CC(OC(=O)C1=COCCC1)c1nc2ccccc2o1. The van der Waals surface area contributed by atoms with Crippen molar-refractivity contribution >= 4 is 17.1 Å². The highest BCUT2D eigenvalue weighted by Gasteiger charge is 2.21. The van der Waals surface area contributed by atoms with Gasteiger partial charge >= 0.3 is 5.97 Å². The maximum atomic E-state index is 12.0. The largest absolute Gasteiger partial charge is 0.501 e. The normalized spacial score (nSPS) is 16.4. The molecular weight excluding hydrogens is 258 g/mol. The van der Waals surface area contributed by atoms with Crippen LogP contribution in [-0.2, 0) is 14.3 Å². The zero-order valence-electron chi connectivity index (χ0n) is 11.2. The van der Waals surface area contributed by atoms with Gasteiger partial charge in [-0.05, 0) is 31.9 Å². The molecule has 1 aliphatic heterocycles. The molecule has 2 heterocycles. The first kappa shape index (κ1) is 12.7. The van der Waals surface area contributed by atoms with E-state index in [2.05, 4.69) is 4.98 Å². The number of aromatic nitrogens is 1. The first-order chi connectivity index (χ1) is 9.74. The van der Waals surface area contributed by atoms with Crippen LogP contribution in [0.3, 0.4) is 0 Å². The lowest BCUT2D eigenvalue weighted by Gasteiger charge is -2.15. The van der Waals surface area contributed by atoms with E-state index in [1.54, 1.807) is 6.92 Å². The molecule has 0 spiro atoms. The van der Waals surface area contributed by atoms with Crippen molar-refractivity contribution in [3.05, 3.63) is 42.0 Å². The van der Waals surface area contributed by atoms with Crippen molar-refractivity contribution in [2.75, 3.05) is 6.61 Å². The van der Waals surface area contributed by atoms with Gasteiger partial charge in [0.05, 0.1) is 18.4 Å². The van der Waals surface area contributed by atoms with E-state index in [9.17, 15) is 4.79 Å². The second kappa shape index (κ2) is 5.36. The molecule has 0 N–H and O–H groups in total. The smallest absolute Gasteiger partial charge is 0.337 e. The summed E-state index contributed by atoms with van der Waals surface area (Å²) >= 11 is 0. The Morgan fingerprint density at radius 1 is 1.40 bits per heavy atom. The second-order valence-corrected chi connectivity index (χ2v) is 4.68. The lowest BCUT2D eigenvalue weighted by molar-refractivity contribution is -0.145. The molecule has 3 rings (SSSR count). The van der Waals surface area contributed by atoms with Crippen LogP contribution in [0.2, 0.25) is 0 Å². The number of nitrogens with zero attached hydrogens (tertiary/aromatic N) is 1. The van der Waals surface area contributed by atoms with Gasteiger partial charge in [-0.25, -0.2) is 9.78 Å². The lowest BCUT2D eigenvalue weighted by atomic mass is 10.1. The number of rotatable bonds is 3. The van der Waals surface area contributed by atoms with Crippen LogP contribution < -0.4 is 0 Å². The van der Waals surface area contributed by atoms with E-state index < -0.39 is 6.10 Å². The summed E-state index contributed by atoms with van der Waals surface area (Å²) < 4.78 is 16.1. The Morgan fingerprint density at radius 3 is 3.00 bits per heavy atom. The molecule has 0 radical (unpaired) electrons. The van der Waals surface area contributed by atoms with Crippen LogP contribution in [0, 0.1) is 0 Å². The minimum atomic E-state index is -0.530. The number of para-hydroxylation sites is 2. The van der Waals surface area contributed by atoms with Gasteiger partial charge < -0.3 is 13.9 Å². The molecule has 5 nitrogen and oxygen atoms in total. The highest BCUT2D eigenvalue weighted by molar-refractivity contribution is 5.88. The molecule has 1 aromatic carbocycles. The number of benzene rings is 1. The Morgan fingerprint density at radius 2 is 2.25 bits per heavy atom. The van der Waals surface area contributed by atoms with Gasteiger partial charge in [0.15, 0.2) is 11.7 Å². The van der Waals surface area contributed by atoms with E-state index >= 15 is 0 Å². The van der Waals surface area contributed by atoms with Gasteiger partial charge in [-0.2, -0.15) is 0 Å². The third kappa shape index (κ3) is 2.52. The third-order valence-electron chi connectivity index (χ3n) is 3.14. The first-order valence-electron chi connectivity index (χ1n) is 6.61. The van der Waals surface area contributed by atoms with E-state index in [1.165, 1.54) is 6.26 Å². The highest BCUT2D eigenvalue weighted by atomic mass is 16.6. The standard InChI is InChI=1S/C15H15NO4/c1-10(19-15(17)11-5-4-8-18-9-11)14-16-12-6-2-3-7-13(12)20-14/h2-3,6-7,9-10H,4-5,8H2,1H3. The number of ether oxygens (including phenoxy) is 2. The summed E-state index contributed by atoms with van der Waals surface area (Å²) in [4.78, 5) is 16.3. The predicted molar refractivity (Wildman–Crippen MR) is 71.8 cm³/mol. The molecule has 5 heteroatoms. The van der Waals surface area contributed by atoms with Crippen LogP contribution >= 0.6 is 0 Å². The zero-order chi connectivity index (χ0) is 13.9. The fourth-order valence-corrected chi connectivity index (χ4v) is 2.07. The average Bonchev–Trinajstić information content (AvgIpc) is 2.92. The number of carbonyl (C=O) groups is 1. The number of fused-ring (bicyclic) bond motifs is 1. The Balaban J connectivity index is 1.73. The molecule has 0 saturated carbocycles. The van der Waals surface area contributed by atoms with E-state index in [-0.39, 0.29) is 5.97 Å². The number of oxazole rings is 1. The second-order valence-electron chi connectivity index (χ2n) is 4.68. The maximum Gasteiger partial charge on any atom is 0.337 e. The van der Waals surface area contributed by atoms with Crippen LogP contribution in [-0.4, -0.2) is 17.6 Å². The molecule has 0 aliphatic carbocycles. The molecule has 0 bridgehead atoms. The van der Waals surface area contributed by atoms with Crippen molar-refractivity contribution < 1.29 is 18.7 Å². The van der Waals surface area contributed by atoms with Crippen molar-refractivity contribution in [2.24, 2.45) is 0 Å². The van der Waals surface area contributed by atoms with Gasteiger partial charge in [0.1, 0.15) is 5.52 Å². The number of hydrogen-bond donors (Lipinski definition) is 0. The molecule has 1 aromatic heterocycles. The first-order valence-corrected chi connectivity index (χ1v) is 6.61. The summed E-state index contributed by atoms with van der Waals surface area (Å²) in [6, 6.07) is 7.44. The van der Waals surface area contributed by atoms with Gasteiger partial charge in [-0.15, -0.1) is 0 Å². The van der Waals surface area contributed by atoms with Crippen molar-refractivity contribution in [1.29, 1.82) is 0 Å². The molecule has 2 aromatic rings. The molecule has 0 fully saturated rings. The molecule has 20 heavy (non-hydrogen) atoms. The number of carbonyl (C=O) groups excluding carboxylic acids is 1. The summed E-state index contributed by atoms with van der Waals surface area (Å²) in [6.07, 6.45) is 2.46. The summed E-state index contributed by atoms with van der Waals surface area (Å²) in [6.45, 7) is 2.39. The Kier molecular flexibility index (Phi) is 3.41. The van der Waals surface area contributed by atoms with Crippen LogP contribution in [0.5, 0.6) is 0 Å². The lowest BCUT2D eigenvalue weighted by Crippen LogP contribution is -2.14. The number of hydrogen-bond acceptors (Lipinski definition) is 5. The van der Waals surface area contributed by atoms with Gasteiger partial charge in [0, 0.05) is 0 Å². The molecule has 0 saturated heterocycles. The van der Waals surface area contributed by atoms with Gasteiger partial charge in [0.25, 0.3) is 0 Å². The van der Waals surface area contributed by atoms with Gasteiger partial charge in [-0.3, -0.25) is 0 Å². The fraction of sp³-hybridized carbons (Fsp3) is 0.333. The fourth-order valence-electron chi connectivity index (χ4n) is 2.07. The van der Waals surface area contributed by atoms with Gasteiger partial charge in [0.2, 0.25) is 5.89 Å². The average molecular weight is 273 g/mol. The minimum absolute atomic E-state index is 0.376. The van der Waals surface area contributed by atoms with E-state index in [4.69, 9.17) is 13.9 Å². The number of esters is 1. The Hall–Kier alpha value is -2.30. The summed E-state index contributed by atoms with van der Waals surface area (Å²) in [5, 5.41) is 0. The van der Waals surface area contributed by atoms with Crippen molar-refractivity contribution in [3.63, 3.8) is 0 Å².